The summed E-state index contributed by atoms with van der Waals surface area (Å²) in [7, 11) is 0. The van der Waals surface area contributed by atoms with Crippen LogP contribution in [0, 0.1) is 0 Å². The maximum Gasteiger partial charge on any atom is 0.0783 e. The molecular weight excluding hydrogens is 484 g/mol. The van der Waals surface area contributed by atoms with Crippen LogP contribution < -0.4 is 10.6 Å². The van der Waals surface area contributed by atoms with Gasteiger partial charge in [0.25, 0.3) is 0 Å². The first-order valence-electron chi connectivity index (χ1n) is 14.8. The Bertz CT molecular complexity index is 2110. The average molecular weight is 521 g/mol. The normalized spacial score (nSPS) is 17.4. The van der Waals surface area contributed by atoms with Crippen molar-refractivity contribution in [2.24, 2.45) is 0 Å². The Labute approximate surface area is 235 Å². The maximum atomic E-state index is 3.82. The smallest absolute Gasteiger partial charge is 0.0783 e. The molecule has 8 rings (SSSR count). The molecule has 4 aromatic carbocycles. The Morgan fingerprint density at radius 2 is 1.40 bits per heavy atom. The van der Waals surface area contributed by atoms with Crippen LogP contribution >= 0.6 is 0 Å². The van der Waals surface area contributed by atoms with Crippen molar-refractivity contribution in [3.05, 3.63) is 101 Å². The molecule has 0 atom stereocenters. The van der Waals surface area contributed by atoms with Crippen molar-refractivity contribution < 1.29 is 0 Å². The van der Waals surface area contributed by atoms with Gasteiger partial charge in [-0.3, -0.25) is 0 Å². The van der Waals surface area contributed by atoms with Gasteiger partial charge in [0.05, 0.1) is 16.6 Å². The highest BCUT2D eigenvalue weighted by Crippen LogP contribution is 2.47. The van der Waals surface area contributed by atoms with Gasteiger partial charge in [-0.2, -0.15) is 0 Å². The number of nitrogens with one attached hydrogen (secondary N) is 1. The van der Waals surface area contributed by atoms with E-state index >= 15 is 0 Å². The van der Waals surface area contributed by atoms with E-state index in [-0.39, 0.29) is 10.8 Å². The van der Waals surface area contributed by atoms with Gasteiger partial charge in [-0.1, -0.05) is 101 Å². The molecule has 2 aliphatic rings. The lowest BCUT2D eigenvalue weighted by Crippen LogP contribution is -2.33. The largest absolute Gasteiger partial charge is 0.353 e. The Hall–Kier alpha value is -4.04. The van der Waals surface area contributed by atoms with Crippen LogP contribution in [0.25, 0.3) is 61.7 Å². The van der Waals surface area contributed by atoms with Gasteiger partial charge < -0.3 is 9.55 Å². The van der Waals surface area contributed by atoms with Crippen LogP contribution in [0.4, 0.5) is 0 Å². The lowest BCUT2D eigenvalue weighted by molar-refractivity contribution is 0.332. The highest BCUT2D eigenvalue weighted by Gasteiger charge is 2.37. The predicted molar refractivity (Wildman–Crippen MR) is 171 cm³/mol. The molecule has 0 aliphatic heterocycles. The first-order chi connectivity index (χ1) is 19.3. The summed E-state index contributed by atoms with van der Waals surface area (Å²) in [6.07, 6.45) is 9.42. The second-order valence-corrected chi connectivity index (χ2v) is 13.3. The molecule has 40 heavy (non-hydrogen) atoms. The molecule has 0 bridgehead atoms. The van der Waals surface area contributed by atoms with E-state index in [9.17, 15) is 0 Å². The zero-order valence-electron chi connectivity index (χ0n) is 23.9. The van der Waals surface area contributed by atoms with Crippen LogP contribution in [-0.4, -0.2) is 9.55 Å². The molecule has 2 heteroatoms. The van der Waals surface area contributed by atoms with Crippen LogP contribution in [0.3, 0.4) is 0 Å². The Balaban J connectivity index is 1.39. The van der Waals surface area contributed by atoms with Crippen molar-refractivity contribution in [1.29, 1.82) is 0 Å². The van der Waals surface area contributed by atoms with Gasteiger partial charge in [0.1, 0.15) is 0 Å². The highest BCUT2D eigenvalue weighted by molar-refractivity contribution is 6.17. The summed E-state index contributed by atoms with van der Waals surface area (Å²) in [6.45, 7) is 9.63. The standard InChI is InChI=1S/C38H36N2/c1-37(2)20-21-38(3,4)32-23-25(16-19-31(32)37)24-10-9-11-26(22-24)40-34-15-8-6-13-28(34)30-18-17-29-27-12-5-7-14-33(27)39-35(29)36(30)40/h6,8-19,22-23,39H,5,7,20-21H2,1-4H3. The first kappa shape index (κ1) is 23.8. The van der Waals surface area contributed by atoms with E-state index < -0.39 is 0 Å². The van der Waals surface area contributed by atoms with Crippen molar-refractivity contribution in [1.82, 2.24) is 9.55 Å². The molecule has 2 nitrogen and oxygen atoms in total. The third kappa shape index (κ3) is 3.35. The van der Waals surface area contributed by atoms with Crippen molar-refractivity contribution in [3.8, 4) is 16.8 Å². The van der Waals surface area contributed by atoms with Crippen LogP contribution in [0.2, 0.25) is 0 Å². The van der Waals surface area contributed by atoms with E-state index in [0.29, 0.717) is 0 Å². The van der Waals surface area contributed by atoms with E-state index in [1.807, 2.05) is 0 Å². The van der Waals surface area contributed by atoms with Gasteiger partial charge in [-0.15, -0.1) is 0 Å². The zero-order chi connectivity index (χ0) is 27.2. The molecule has 0 saturated heterocycles. The molecule has 0 radical (unpaired) electrons. The summed E-state index contributed by atoms with van der Waals surface area (Å²) in [4.78, 5) is 3.82. The van der Waals surface area contributed by atoms with Crippen molar-refractivity contribution in [3.63, 3.8) is 0 Å². The quantitative estimate of drug-likeness (QED) is 0.236. The van der Waals surface area contributed by atoms with Crippen LogP contribution in [0.5, 0.6) is 0 Å². The Kier molecular flexibility index (Phi) is 4.90. The maximum absolute atomic E-state index is 3.82. The number of aromatic nitrogens is 2. The number of benzene rings is 4. The van der Waals surface area contributed by atoms with Gasteiger partial charge in [0.15, 0.2) is 0 Å². The molecule has 2 aromatic heterocycles. The molecule has 0 unspecified atom stereocenters. The third-order valence-electron chi connectivity index (χ3n) is 9.83. The number of para-hydroxylation sites is 1. The van der Waals surface area contributed by atoms with Gasteiger partial charge >= 0.3 is 0 Å². The number of nitrogens with zero attached hydrogens (tertiary/aromatic N) is 1. The molecule has 0 fully saturated rings. The minimum atomic E-state index is 0.192. The second kappa shape index (κ2) is 8.24. The van der Waals surface area contributed by atoms with Gasteiger partial charge in [-0.25, -0.2) is 0 Å². The fraction of sp³-hybridized carbons (Fsp3) is 0.263. The molecule has 0 spiro atoms. The Morgan fingerprint density at radius 3 is 2.27 bits per heavy atom. The van der Waals surface area contributed by atoms with Gasteiger partial charge in [-0.05, 0) is 77.0 Å². The number of hydrogen-bond donors (Lipinski definition) is 1. The van der Waals surface area contributed by atoms with E-state index in [1.165, 1.54) is 84.1 Å². The summed E-state index contributed by atoms with van der Waals surface area (Å²) < 4.78 is 2.48. The molecule has 198 valence electrons. The van der Waals surface area contributed by atoms with Crippen LogP contribution in [0.15, 0.2) is 78.9 Å². The van der Waals surface area contributed by atoms with Gasteiger partial charge in [0, 0.05) is 32.4 Å². The summed E-state index contributed by atoms with van der Waals surface area (Å²) >= 11 is 0. The van der Waals surface area contributed by atoms with Crippen LogP contribution in [0.1, 0.15) is 64.5 Å². The fourth-order valence-corrected chi connectivity index (χ4v) is 7.45. The third-order valence-corrected chi connectivity index (χ3v) is 9.83. The summed E-state index contributed by atoms with van der Waals surface area (Å²) in [6, 6.07) is 29.8. The van der Waals surface area contributed by atoms with Crippen molar-refractivity contribution in [2.75, 3.05) is 0 Å². The van der Waals surface area contributed by atoms with Crippen molar-refractivity contribution >= 4 is 44.9 Å². The summed E-state index contributed by atoms with van der Waals surface area (Å²) in [5, 5.41) is 6.53. The molecular formula is C38H36N2. The average Bonchev–Trinajstić information content (AvgIpc) is 3.51. The van der Waals surface area contributed by atoms with Gasteiger partial charge in [0.2, 0.25) is 0 Å². The lowest BCUT2D eigenvalue weighted by Gasteiger charge is -2.42. The predicted octanol–water partition coefficient (Wildman–Crippen LogP) is 8.64. The number of hydrogen-bond acceptors (Lipinski definition) is 0. The number of rotatable bonds is 2. The molecule has 1 N–H and O–H groups in total. The van der Waals surface area contributed by atoms with E-state index in [1.54, 1.807) is 0 Å². The Morgan fingerprint density at radius 1 is 0.650 bits per heavy atom. The first-order valence-corrected chi connectivity index (χ1v) is 14.8. The second-order valence-electron chi connectivity index (χ2n) is 13.3. The molecule has 2 heterocycles. The van der Waals surface area contributed by atoms with E-state index in [4.69, 9.17) is 0 Å². The molecule has 2 aliphatic carbocycles. The summed E-state index contributed by atoms with van der Waals surface area (Å²) in [5.41, 5.74) is 11.0. The minimum Gasteiger partial charge on any atom is -0.353 e. The van der Waals surface area contributed by atoms with Crippen molar-refractivity contribution in [2.45, 2.75) is 64.2 Å². The number of fused-ring (bicyclic) bond motifs is 8. The van der Waals surface area contributed by atoms with Crippen LogP contribution in [-0.2, 0) is 10.8 Å². The monoisotopic (exact) mass is 520 g/mol. The molecule has 6 aromatic rings. The SMILES string of the molecule is CC1(C)CCC(C)(C)c2cc(-c3cccc(-n4c5ccccc5c5ccc6c7c([nH]c6c54)=CCCC=7)c3)ccc21. The van der Waals surface area contributed by atoms with E-state index in [2.05, 4.69) is 128 Å². The molecule has 0 saturated carbocycles. The summed E-state index contributed by atoms with van der Waals surface area (Å²) in [5.74, 6) is 0. The lowest BCUT2D eigenvalue weighted by atomic mass is 9.63. The molecule has 0 amide bonds. The zero-order valence-corrected chi connectivity index (χ0v) is 23.9. The number of aromatic amines is 1. The highest BCUT2D eigenvalue weighted by atomic mass is 15.0. The fourth-order valence-electron chi connectivity index (χ4n) is 7.45. The minimum absolute atomic E-state index is 0.192. The number of H-pyrrole nitrogens is 1. The topological polar surface area (TPSA) is 20.7 Å². The van der Waals surface area contributed by atoms with E-state index in [0.717, 1.165) is 12.8 Å².